The number of halogens is 1. The Labute approximate surface area is 251 Å². The second-order valence-electron chi connectivity index (χ2n) is 9.40. The average molecular weight is 605 g/mol. The highest BCUT2D eigenvalue weighted by molar-refractivity contribution is 7.07. The average Bonchev–Trinajstić information content (AvgIpc) is 3.30. The van der Waals surface area contributed by atoms with E-state index in [1.807, 2.05) is 48.5 Å². The molecule has 5 rings (SSSR count). The van der Waals surface area contributed by atoms with Gasteiger partial charge in [-0.3, -0.25) is 9.36 Å². The lowest BCUT2D eigenvalue weighted by atomic mass is 9.96. The highest BCUT2D eigenvalue weighted by atomic mass is 35.5. The van der Waals surface area contributed by atoms with Crippen molar-refractivity contribution in [2.75, 3.05) is 20.8 Å². The highest BCUT2D eigenvalue weighted by Crippen LogP contribution is 2.32. The smallest absolute Gasteiger partial charge is 0.338 e. The standard InChI is InChI=1S/C32H29ClN2O6S/c1-5-40-31(37)28-19(2)34-32-35(29(28)22-9-13-24(38-3)14-10-22)30(36)27(42-32)17-21-8-15-25(39-4)26(16-21)41-18-20-6-11-23(33)12-7-20/h6-17,29H,5,18H2,1-4H3/b27-17+/t29-/m0/s1. The van der Waals surface area contributed by atoms with E-state index in [1.165, 1.54) is 11.3 Å². The summed E-state index contributed by atoms with van der Waals surface area (Å²) in [5, 5.41) is 0.651. The molecule has 42 heavy (non-hydrogen) atoms. The van der Waals surface area contributed by atoms with Gasteiger partial charge < -0.3 is 18.9 Å². The van der Waals surface area contributed by atoms with Crippen LogP contribution in [0.3, 0.4) is 0 Å². The molecule has 0 radical (unpaired) electrons. The number of allylic oxidation sites excluding steroid dienone is 1. The van der Waals surface area contributed by atoms with Gasteiger partial charge in [0, 0.05) is 5.02 Å². The van der Waals surface area contributed by atoms with Crippen LogP contribution >= 0.6 is 22.9 Å². The maximum absolute atomic E-state index is 13.9. The largest absolute Gasteiger partial charge is 0.497 e. The molecule has 4 aromatic rings. The van der Waals surface area contributed by atoms with Gasteiger partial charge in [-0.15, -0.1) is 0 Å². The molecule has 0 aliphatic carbocycles. The third-order valence-electron chi connectivity index (χ3n) is 6.74. The Morgan fingerprint density at radius 2 is 1.76 bits per heavy atom. The third-order valence-corrected chi connectivity index (χ3v) is 7.98. The molecule has 3 aromatic carbocycles. The fourth-order valence-electron chi connectivity index (χ4n) is 4.68. The Kier molecular flexibility index (Phi) is 8.80. The van der Waals surface area contributed by atoms with E-state index >= 15 is 0 Å². The number of methoxy groups -OCH3 is 2. The zero-order valence-corrected chi connectivity index (χ0v) is 25.1. The topological polar surface area (TPSA) is 88.4 Å². The Morgan fingerprint density at radius 3 is 2.43 bits per heavy atom. The number of ether oxygens (including phenoxy) is 4. The van der Waals surface area contributed by atoms with Gasteiger partial charge in [-0.1, -0.05) is 53.3 Å². The van der Waals surface area contributed by atoms with Crippen molar-refractivity contribution in [2.24, 2.45) is 4.99 Å². The monoisotopic (exact) mass is 604 g/mol. The number of thiazole rings is 1. The lowest BCUT2D eigenvalue weighted by molar-refractivity contribution is -0.139. The molecule has 0 fully saturated rings. The summed E-state index contributed by atoms with van der Waals surface area (Å²) >= 11 is 7.25. The van der Waals surface area contributed by atoms with Crippen molar-refractivity contribution in [3.05, 3.63) is 119 Å². The van der Waals surface area contributed by atoms with Crippen LogP contribution in [0.1, 0.15) is 36.6 Å². The Bertz CT molecular complexity index is 1820. The number of esters is 1. The SMILES string of the molecule is CCOC(=O)C1=C(C)N=c2s/c(=C/c3ccc(OC)c(OCc4ccc(Cl)cc4)c3)c(=O)n2[C@H]1c1ccc(OC)cc1. The molecule has 0 spiro atoms. The van der Waals surface area contributed by atoms with Gasteiger partial charge in [-0.05, 0) is 73.0 Å². The zero-order valence-electron chi connectivity index (χ0n) is 23.5. The van der Waals surface area contributed by atoms with E-state index in [0.29, 0.717) is 49.5 Å². The van der Waals surface area contributed by atoms with Crippen LogP contribution in [-0.2, 0) is 16.1 Å². The number of rotatable bonds is 9. The van der Waals surface area contributed by atoms with E-state index in [1.54, 1.807) is 56.9 Å². The van der Waals surface area contributed by atoms with Crippen LogP contribution in [0.15, 0.2) is 87.8 Å². The van der Waals surface area contributed by atoms with Crippen LogP contribution in [0.4, 0.5) is 0 Å². The lowest BCUT2D eigenvalue weighted by Gasteiger charge is -2.24. The summed E-state index contributed by atoms with van der Waals surface area (Å²) in [5.74, 6) is 1.26. The molecule has 1 aromatic heterocycles. The minimum Gasteiger partial charge on any atom is -0.497 e. The highest BCUT2D eigenvalue weighted by Gasteiger charge is 2.33. The number of carbonyl (C=O) groups is 1. The zero-order chi connectivity index (χ0) is 29.8. The Morgan fingerprint density at radius 1 is 1.02 bits per heavy atom. The molecule has 1 aliphatic heterocycles. The van der Waals surface area contributed by atoms with Crippen LogP contribution in [0.25, 0.3) is 6.08 Å². The van der Waals surface area contributed by atoms with Gasteiger partial charge in [-0.2, -0.15) is 0 Å². The summed E-state index contributed by atoms with van der Waals surface area (Å²) in [6, 6.07) is 19.4. The van der Waals surface area contributed by atoms with Gasteiger partial charge in [0.2, 0.25) is 0 Å². The molecule has 8 nitrogen and oxygen atoms in total. The molecular formula is C32H29ClN2O6S. The Balaban J connectivity index is 1.57. The van der Waals surface area contributed by atoms with Gasteiger partial charge in [-0.25, -0.2) is 9.79 Å². The summed E-state index contributed by atoms with van der Waals surface area (Å²) in [4.78, 5) is 32.1. The summed E-state index contributed by atoms with van der Waals surface area (Å²) in [5.41, 5.74) is 2.99. The van der Waals surface area contributed by atoms with Crippen molar-refractivity contribution in [2.45, 2.75) is 26.5 Å². The van der Waals surface area contributed by atoms with Gasteiger partial charge in [0.25, 0.3) is 5.56 Å². The maximum Gasteiger partial charge on any atom is 0.338 e. The molecule has 0 N–H and O–H groups in total. The van der Waals surface area contributed by atoms with Crippen LogP contribution < -0.4 is 29.1 Å². The molecule has 0 bridgehead atoms. The molecule has 10 heteroatoms. The number of carbonyl (C=O) groups excluding carboxylic acids is 1. The predicted octanol–water partition coefficient (Wildman–Crippen LogP) is 5.05. The first-order valence-corrected chi connectivity index (χ1v) is 14.4. The van der Waals surface area contributed by atoms with Crippen molar-refractivity contribution in [3.63, 3.8) is 0 Å². The molecule has 1 atom stereocenters. The van der Waals surface area contributed by atoms with Gasteiger partial charge in [0.15, 0.2) is 16.3 Å². The van der Waals surface area contributed by atoms with Gasteiger partial charge >= 0.3 is 5.97 Å². The second-order valence-corrected chi connectivity index (χ2v) is 10.8. The van der Waals surface area contributed by atoms with Crippen molar-refractivity contribution < 1.29 is 23.7 Å². The number of hydrogen-bond acceptors (Lipinski definition) is 8. The summed E-state index contributed by atoms with van der Waals surface area (Å²) in [7, 11) is 3.16. The summed E-state index contributed by atoms with van der Waals surface area (Å²) < 4.78 is 24.2. The third kappa shape index (κ3) is 5.98. The van der Waals surface area contributed by atoms with Crippen molar-refractivity contribution in [1.29, 1.82) is 0 Å². The van der Waals surface area contributed by atoms with Crippen molar-refractivity contribution in [1.82, 2.24) is 4.57 Å². The molecule has 0 saturated carbocycles. The van der Waals surface area contributed by atoms with Crippen molar-refractivity contribution >= 4 is 35.0 Å². The van der Waals surface area contributed by atoms with Crippen LogP contribution in [0.5, 0.6) is 17.2 Å². The second kappa shape index (κ2) is 12.7. The molecule has 216 valence electrons. The predicted molar refractivity (Wildman–Crippen MR) is 162 cm³/mol. The first-order chi connectivity index (χ1) is 20.3. The fourth-order valence-corrected chi connectivity index (χ4v) is 5.85. The van der Waals surface area contributed by atoms with Crippen molar-refractivity contribution in [3.8, 4) is 17.2 Å². The van der Waals surface area contributed by atoms with Gasteiger partial charge in [0.05, 0.1) is 42.7 Å². The number of nitrogens with zero attached hydrogens (tertiary/aromatic N) is 2. The quantitative estimate of drug-likeness (QED) is 0.249. The van der Waals surface area contributed by atoms with E-state index in [2.05, 4.69) is 4.99 Å². The molecule has 1 aliphatic rings. The van der Waals surface area contributed by atoms with Gasteiger partial charge in [0.1, 0.15) is 12.4 Å². The minimum atomic E-state index is -0.706. The number of benzene rings is 3. The lowest BCUT2D eigenvalue weighted by Crippen LogP contribution is -2.39. The van der Waals surface area contributed by atoms with E-state index < -0.39 is 12.0 Å². The molecule has 0 unspecified atom stereocenters. The van der Waals surface area contributed by atoms with Crippen LogP contribution in [0, 0.1) is 0 Å². The van der Waals surface area contributed by atoms with E-state index in [0.717, 1.165) is 16.7 Å². The summed E-state index contributed by atoms with van der Waals surface area (Å²) in [6.07, 6.45) is 1.78. The van der Waals surface area contributed by atoms with Crippen LogP contribution in [-0.4, -0.2) is 31.4 Å². The Hall–Kier alpha value is -4.34. The van der Waals surface area contributed by atoms with E-state index in [4.69, 9.17) is 30.5 Å². The normalized spacial score (nSPS) is 14.7. The molecular weight excluding hydrogens is 576 g/mol. The first kappa shape index (κ1) is 29.2. The fraction of sp³-hybridized carbons (Fsp3) is 0.219. The number of fused-ring (bicyclic) bond motifs is 1. The maximum atomic E-state index is 13.9. The molecule has 0 amide bonds. The minimum absolute atomic E-state index is 0.204. The van der Waals surface area contributed by atoms with Crippen LogP contribution in [0.2, 0.25) is 5.02 Å². The van der Waals surface area contributed by atoms with E-state index in [9.17, 15) is 9.59 Å². The molecule has 0 saturated heterocycles. The first-order valence-electron chi connectivity index (χ1n) is 13.2. The van der Waals surface area contributed by atoms with E-state index in [-0.39, 0.29) is 12.2 Å². The summed E-state index contributed by atoms with van der Waals surface area (Å²) in [6.45, 7) is 4.02. The number of aromatic nitrogens is 1. The number of hydrogen-bond donors (Lipinski definition) is 0. The molecule has 2 heterocycles.